The van der Waals surface area contributed by atoms with Crippen molar-refractivity contribution in [2.45, 2.75) is 26.8 Å². The van der Waals surface area contributed by atoms with Gasteiger partial charge in [0, 0.05) is 5.56 Å². The van der Waals surface area contributed by atoms with Crippen molar-refractivity contribution in [3.8, 4) is 5.75 Å². The molecule has 1 heterocycles. The molecule has 1 amide bonds. The summed E-state index contributed by atoms with van der Waals surface area (Å²) in [6.45, 7) is 4.36. The maximum absolute atomic E-state index is 13.0. The summed E-state index contributed by atoms with van der Waals surface area (Å²) >= 11 is 1.34. The smallest absolute Gasteiger partial charge is 0.326 e. The minimum Gasteiger partial charge on any atom is -0.492 e. The van der Waals surface area contributed by atoms with Crippen LogP contribution in [0.2, 0.25) is 0 Å². The van der Waals surface area contributed by atoms with Gasteiger partial charge in [0.15, 0.2) is 4.80 Å². The minimum atomic E-state index is -0.396. The van der Waals surface area contributed by atoms with E-state index in [0.29, 0.717) is 22.7 Å². The molecule has 0 saturated heterocycles. The van der Waals surface area contributed by atoms with E-state index in [0.717, 1.165) is 22.2 Å². The number of esters is 1. The number of nitrogens with zero attached hydrogens (tertiary/aromatic N) is 2. The van der Waals surface area contributed by atoms with E-state index in [2.05, 4.69) is 17.1 Å². The van der Waals surface area contributed by atoms with Crippen LogP contribution >= 0.6 is 11.3 Å². The standard InChI is InChI=1S/C27H26N2O4S/c1-3-32-22-11-8-12-23-25(22)29(18-24(30)33-4-2)27(34-23)28-26(31)21-15-13-20(14-16-21)17-19-9-6-5-7-10-19/h5-16H,3-4,17-18H2,1-2H3. The van der Waals surface area contributed by atoms with E-state index in [1.807, 2.05) is 55.5 Å². The van der Waals surface area contributed by atoms with Crippen LogP contribution in [0.3, 0.4) is 0 Å². The maximum Gasteiger partial charge on any atom is 0.326 e. The lowest BCUT2D eigenvalue weighted by molar-refractivity contribution is -0.143. The summed E-state index contributed by atoms with van der Waals surface area (Å²) in [5.74, 6) is -0.124. The molecular formula is C27H26N2O4S. The first-order valence-corrected chi connectivity index (χ1v) is 12.0. The molecule has 0 aliphatic rings. The van der Waals surface area contributed by atoms with Crippen molar-refractivity contribution in [3.63, 3.8) is 0 Å². The molecule has 4 aromatic rings. The molecule has 0 saturated carbocycles. The zero-order valence-electron chi connectivity index (χ0n) is 19.2. The second-order valence-electron chi connectivity index (χ2n) is 7.59. The lowest BCUT2D eigenvalue weighted by atomic mass is 10.0. The van der Waals surface area contributed by atoms with E-state index in [1.165, 1.54) is 16.9 Å². The Balaban J connectivity index is 1.68. The number of amides is 1. The van der Waals surface area contributed by atoms with E-state index in [9.17, 15) is 9.59 Å². The zero-order valence-corrected chi connectivity index (χ0v) is 20.0. The van der Waals surface area contributed by atoms with Gasteiger partial charge in [-0.15, -0.1) is 0 Å². The third kappa shape index (κ3) is 5.43. The first kappa shape index (κ1) is 23.4. The first-order chi connectivity index (χ1) is 16.6. The van der Waals surface area contributed by atoms with Crippen LogP contribution in [0.1, 0.15) is 35.3 Å². The number of thiazole rings is 1. The van der Waals surface area contributed by atoms with Gasteiger partial charge in [-0.1, -0.05) is 59.9 Å². The Morgan fingerprint density at radius 1 is 0.882 bits per heavy atom. The van der Waals surface area contributed by atoms with E-state index in [1.54, 1.807) is 23.6 Å². The average Bonchev–Trinajstić information content (AvgIpc) is 3.18. The zero-order chi connectivity index (χ0) is 23.9. The topological polar surface area (TPSA) is 69.9 Å². The number of rotatable bonds is 8. The van der Waals surface area contributed by atoms with Gasteiger partial charge in [0.05, 0.1) is 17.9 Å². The molecule has 0 radical (unpaired) electrons. The highest BCUT2D eigenvalue weighted by Crippen LogP contribution is 2.28. The normalized spacial score (nSPS) is 11.5. The summed E-state index contributed by atoms with van der Waals surface area (Å²) in [5, 5.41) is 0. The predicted molar refractivity (Wildman–Crippen MR) is 133 cm³/mol. The lowest BCUT2D eigenvalue weighted by Gasteiger charge is -2.09. The number of para-hydroxylation sites is 1. The summed E-state index contributed by atoms with van der Waals surface area (Å²) in [5.41, 5.74) is 3.54. The largest absolute Gasteiger partial charge is 0.492 e. The molecule has 0 atom stereocenters. The molecule has 34 heavy (non-hydrogen) atoms. The second kappa shape index (κ2) is 10.9. The molecule has 0 fully saturated rings. The fourth-order valence-electron chi connectivity index (χ4n) is 3.69. The van der Waals surface area contributed by atoms with Crippen LogP contribution in [0.25, 0.3) is 10.2 Å². The Morgan fingerprint density at radius 2 is 1.62 bits per heavy atom. The number of carbonyl (C=O) groups is 2. The minimum absolute atomic E-state index is 0.0555. The quantitative estimate of drug-likeness (QED) is 0.337. The SMILES string of the molecule is CCOC(=O)Cn1c(=NC(=O)c2ccc(Cc3ccccc3)cc2)sc2cccc(OCC)c21. The van der Waals surface area contributed by atoms with Gasteiger partial charge in [-0.3, -0.25) is 9.59 Å². The molecule has 7 heteroatoms. The van der Waals surface area contributed by atoms with Gasteiger partial charge < -0.3 is 14.0 Å². The number of aromatic nitrogens is 1. The number of fused-ring (bicyclic) bond motifs is 1. The third-order valence-corrected chi connectivity index (χ3v) is 6.25. The van der Waals surface area contributed by atoms with Crippen LogP contribution in [-0.4, -0.2) is 29.7 Å². The maximum atomic E-state index is 13.0. The summed E-state index contributed by atoms with van der Waals surface area (Å²) < 4.78 is 13.5. The van der Waals surface area contributed by atoms with Gasteiger partial charge in [-0.2, -0.15) is 4.99 Å². The monoisotopic (exact) mass is 474 g/mol. The summed E-state index contributed by atoms with van der Waals surface area (Å²) in [6.07, 6.45) is 0.794. The molecule has 0 aliphatic heterocycles. The molecule has 0 bridgehead atoms. The van der Waals surface area contributed by atoms with E-state index in [-0.39, 0.29) is 19.1 Å². The highest BCUT2D eigenvalue weighted by Gasteiger charge is 2.16. The molecule has 1 aromatic heterocycles. The van der Waals surface area contributed by atoms with Crippen molar-refractivity contribution >= 4 is 33.4 Å². The summed E-state index contributed by atoms with van der Waals surface area (Å²) in [4.78, 5) is 30.1. The molecule has 0 aliphatic carbocycles. The summed E-state index contributed by atoms with van der Waals surface area (Å²) in [7, 11) is 0. The van der Waals surface area contributed by atoms with Gasteiger partial charge in [0.1, 0.15) is 17.8 Å². The van der Waals surface area contributed by atoms with Crippen LogP contribution < -0.4 is 9.54 Å². The number of hydrogen-bond acceptors (Lipinski definition) is 5. The van der Waals surface area contributed by atoms with Gasteiger partial charge in [0.2, 0.25) is 0 Å². The number of benzene rings is 3. The Bertz CT molecular complexity index is 1360. The predicted octanol–water partition coefficient (Wildman–Crippen LogP) is 5.00. The third-order valence-electron chi connectivity index (χ3n) is 5.21. The van der Waals surface area contributed by atoms with E-state index in [4.69, 9.17) is 9.47 Å². The number of carbonyl (C=O) groups excluding carboxylic acids is 2. The van der Waals surface area contributed by atoms with Crippen LogP contribution in [0.15, 0.2) is 77.8 Å². The lowest BCUT2D eigenvalue weighted by Crippen LogP contribution is -2.23. The summed E-state index contributed by atoms with van der Waals surface area (Å²) in [6, 6.07) is 23.3. The Hall–Kier alpha value is -3.71. The van der Waals surface area contributed by atoms with Crippen LogP contribution in [0.5, 0.6) is 5.75 Å². The Morgan fingerprint density at radius 3 is 2.32 bits per heavy atom. The van der Waals surface area contributed by atoms with Crippen molar-refractivity contribution in [3.05, 3.63) is 94.3 Å². The van der Waals surface area contributed by atoms with Crippen molar-refractivity contribution in [1.82, 2.24) is 4.57 Å². The highest BCUT2D eigenvalue weighted by atomic mass is 32.1. The molecule has 3 aromatic carbocycles. The van der Waals surface area contributed by atoms with Gasteiger partial charge >= 0.3 is 5.97 Å². The van der Waals surface area contributed by atoms with Crippen molar-refractivity contribution in [2.75, 3.05) is 13.2 Å². The van der Waals surface area contributed by atoms with Gasteiger partial charge in [-0.05, 0) is 55.7 Å². The van der Waals surface area contributed by atoms with Gasteiger partial charge in [-0.25, -0.2) is 0 Å². The second-order valence-corrected chi connectivity index (χ2v) is 8.60. The fraction of sp³-hybridized carbons (Fsp3) is 0.222. The Kier molecular flexibility index (Phi) is 7.54. The van der Waals surface area contributed by atoms with Crippen molar-refractivity contribution < 1.29 is 19.1 Å². The highest BCUT2D eigenvalue weighted by molar-refractivity contribution is 7.16. The van der Waals surface area contributed by atoms with Crippen LogP contribution in [-0.2, 0) is 22.5 Å². The van der Waals surface area contributed by atoms with Crippen molar-refractivity contribution in [1.29, 1.82) is 0 Å². The van der Waals surface area contributed by atoms with Crippen molar-refractivity contribution in [2.24, 2.45) is 4.99 Å². The first-order valence-electron chi connectivity index (χ1n) is 11.2. The Labute approximate surface area is 202 Å². The average molecular weight is 475 g/mol. The molecule has 0 N–H and O–H groups in total. The van der Waals surface area contributed by atoms with Gasteiger partial charge in [0.25, 0.3) is 5.91 Å². The van der Waals surface area contributed by atoms with E-state index >= 15 is 0 Å². The van der Waals surface area contributed by atoms with Crippen LogP contribution in [0, 0.1) is 0 Å². The fourth-order valence-corrected chi connectivity index (χ4v) is 4.73. The number of hydrogen-bond donors (Lipinski definition) is 0. The molecular weight excluding hydrogens is 448 g/mol. The molecule has 4 rings (SSSR count). The van der Waals surface area contributed by atoms with E-state index < -0.39 is 5.97 Å². The molecule has 0 unspecified atom stereocenters. The molecule has 0 spiro atoms. The van der Waals surface area contributed by atoms with Crippen LogP contribution in [0.4, 0.5) is 0 Å². The molecule has 174 valence electrons. The molecule has 6 nitrogen and oxygen atoms in total. The number of ether oxygens (including phenoxy) is 2.